The van der Waals surface area contributed by atoms with E-state index in [2.05, 4.69) is 33.4 Å². The first-order chi connectivity index (χ1) is 4.62. The molecule has 10 heavy (non-hydrogen) atoms. The third-order valence-electron chi connectivity index (χ3n) is 1.89. The highest BCUT2D eigenvalue weighted by molar-refractivity contribution is 7.80. The molecule has 0 bridgehead atoms. The molecule has 0 heterocycles. The van der Waals surface area contributed by atoms with Crippen LogP contribution in [0.4, 0.5) is 0 Å². The van der Waals surface area contributed by atoms with E-state index in [0.717, 1.165) is 5.75 Å². The first-order valence-corrected chi connectivity index (χ1v) is 4.86. The van der Waals surface area contributed by atoms with Crippen LogP contribution < -0.4 is 0 Å². The van der Waals surface area contributed by atoms with Gasteiger partial charge in [0.2, 0.25) is 0 Å². The van der Waals surface area contributed by atoms with Crippen molar-refractivity contribution in [3.05, 3.63) is 0 Å². The van der Waals surface area contributed by atoms with Crippen molar-refractivity contribution in [2.75, 3.05) is 5.75 Å². The molecular weight excluding hydrogens is 140 g/mol. The Hall–Kier alpha value is 0.350. The molecule has 0 aromatic heterocycles. The molecule has 0 saturated heterocycles. The van der Waals surface area contributed by atoms with Gasteiger partial charge in [0.1, 0.15) is 0 Å². The van der Waals surface area contributed by atoms with Crippen LogP contribution in [0.15, 0.2) is 0 Å². The van der Waals surface area contributed by atoms with Crippen LogP contribution >= 0.6 is 12.6 Å². The van der Waals surface area contributed by atoms with Crippen LogP contribution in [-0.4, -0.2) is 5.75 Å². The molecule has 0 atom stereocenters. The second-order valence-electron chi connectivity index (χ2n) is 3.78. The Kier molecular flexibility index (Phi) is 5.24. The highest BCUT2D eigenvalue weighted by atomic mass is 32.1. The van der Waals surface area contributed by atoms with E-state index < -0.39 is 0 Å². The van der Waals surface area contributed by atoms with E-state index in [0.29, 0.717) is 5.41 Å². The smallest absolute Gasteiger partial charge is 0.00464 e. The fourth-order valence-electron chi connectivity index (χ4n) is 0.933. The average molecular weight is 160 g/mol. The van der Waals surface area contributed by atoms with Gasteiger partial charge in [0, 0.05) is 0 Å². The number of hydrogen-bond donors (Lipinski definition) is 1. The Bertz CT molecular complexity index is 76.8. The minimum atomic E-state index is 0.457. The van der Waals surface area contributed by atoms with Crippen LogP contribution in [0.1, 0.15) is 46.5 Å². The molecule has 62 valence electrons. The summed E-state index contributed by atoms with van der Waals surface area (Å²) in [5.41, 5.74) is 0.457. The molecule has 0 saturated carbocycles. The summed E-state index contributed by atoms with van der Waals surface area (Å²) in [7, 11) is 0. The van der Waals surface area contributed by atoms with Gasteiger partial charge in [-0.1, -0.05) is 40.0 Å². The van der Waals surface area contributed by atoms with Crippen LogP contribution in [0.2, 0.25) is 0 Å². The van der Waals surface area contributed by atoms with Crippen molar-refractivity contribution in [1.82, 2.24) is 0 Å². The molecule has 0 aromatic rings. The van der Waals surface area contributed by atoms with Gasteiger partial charge in [-0.05, 0) is 17.6 Å². The van der Waals surface area contributed by atoms with Gasteiger partial charge in [-0.3, -0.25) is 0 Å². The molecule has 0 aliphatic rings. The lowest BCUT2D eigenvalue weighted by molar-refractivity contribution is 0.369. The molecule has 0 spiro atoms. The summed E-state index contributed by atoms with van der Waals surface area (Å²) in [5, 5.41) is 0. The standard InChI is InChI=1S/C9H20S/c1-4-5-6-7-9(2,3)8-10/h10H,4-8H2,1-3H3. The van der Waals surface area contributed by atoms with Crippen LogP contribution in [0, 0.1) is 5.41 Å². The van der Waals surface area contributed by atoms with Crippen LogP contribution in [-0.2, 0) is 0 Å². The Balaban J connectivity index is 3.28. The fourth-order valence-corrected chi connectivity index (χ4v) is 1.09. The van der Waals surface area contributed by atoms with Crippen molar-refractivity contribution in [1.29, 1.82) is 0 Å². The number of unbranched alkanes of at least 4 members (excludes halogenated alkanes) is 2. The van der Waals surface area contributed by atoms with Crippen LogP contribution in [0.3, 0.4) is 0 Å². The van der Waals surface area contributed by atoms with E-state index in [1.54, 1.807) is 0 Å². The van der Waals surface area contributed by atoms with Gasteiger partial charge >= 0.3 is 0 Å². The lowest BCUT2D eigenvalue weighted by Crippen LogP contribution is -2.12. The molecule has 0 radical (unpaired) electrons. The van der Waals surface area contributed by atoms with Crippen molar-refractivity contribution < 1.29 is 0 Å². The van der Waals surface area contributed by atoms with E-state index in [1.807, 2.05) is 0 Å². The maximum absolute atomic E-state index is 4.30. The summed E-state index contributed by atoms with van der Waals surface area (Å²) in [4.78, 5) is 0. The number of thiol groups is 1. The Morgan fingerprint density at radius 1 is 1.20 bits per heavy atom. The normalized spacial score (nSPS) is 12.0. The topological polar surface area (TPSA) is 0 Å². The summed E-state index contributed by atoms with van der Waals surface area (Å²) in [5.74, 6) is 1.01. The van der Waals surface area contributed by atoms with Crippen molar-refractivity contribution in [2.24, 2.45) is 5.41 Å². The van der Waals surface area contributed by atoms with Gasteiger partial charge in [-0.25, -0.2) is 0 Å². The molecule has 0 fully saturated rings. The van der Waals surface area contributed by atoms with E-state index in [9.17, 15) is 0 Å². The van der Waals surface area contributed by atoms with Gasteiger partial charge in [0.05, 0.1) is 0 Å². The third kappa shape index (κ3) is 5.16. The Morgan fingerprint density at radius 3 is 2.20 bits per heavy atom. The van der Waals surface area contributed by atoms with Crippen LogP contribution in [0.25, 0.3) is 0 Å². The molecule has 0 N–H and O–H groups in total. The zero-order valence-corrected chi connectivity index (χ0v) is 8.38. The minimum absolute atomic E-state index is 0.457. The third-order valence-corrected chi connectivity index (χ3v) is 2.74. The van der Waals surface area contributed by atoms with Gasteiger partial charge in [0.25, 0.3) is 0 Å². The van der Waals surface area contributed by atoms with Crippen molar-refractivity contribution >= 4 is 12.6 Å². The van der Waals surface area contributed by atoms with Crippen molar-refractivity contribution in [3.8, 4) is 0 Å². The number of hydrogen-bond acceptors (Lipinski definition) is 1. The number of rotatable bonds is 5. The quantitative estimate of drug-likeness (QED) is 0.461. The summed E-state index contributed by atoms with van der Waals surface area (Å²) in [6, 6.07) is 0. The van der Waals surface area contributed by atoms with E-state index in [-0.39, 0.29) is 0 Å². The SMILES string of the molecule is CCCCCC(C)(C)CS. The summed E-state index contributed by atoms with van der Waals surface area (Å²) in [6.07, 6.45) is 5.38. The highest BCUT2D eigenvalue weighted by Crippen LogP contribution is 2.24. The zero-order chi connectivity index (χ0) is 8.04. The molecule has 0 unspecified atom stereocenters. The lowest BCUT2D eigenvalue weighted by atomic mass is 9.89. The summed E-state index contributed by atoms with van der Waals surface area (Å²) in [6.45, 7) is 6.82. The predicted octanol–water partition coefficient (Wildman–Crippen LogP) is 3.52. The maximum atomic E-state index is 4.30. The molecular formula is C9H20S. The van der Waals surface area contributed by atoms with Gasteiger partial charge in [-0.15, -0.1) is 0 Å². The van der Waals surface area contributed by atoms with Gasteiger partial charge < -0.3 is 0 Å². The fraction of sp³-hybridized carbons (Fsp3) is 1.00. The maximum Gasteiger partial charge on any atom is -0.00464 e. The first-order valence-electron chi connectivity index (χ1n) is 4.23. The van der Waals surface area contributed by atoms with E-state index in [1.165, 1.54) is 25.7 Å². The second-order valence-corrected chi connectivity index (χ2v) is 4.10. The zero-order valence-electron chi connectivity index (χ0n) is 7.48. The van der Waals surface area contributed by atoms with E-state index >= 15 is 0 Å². The first kappa shape index (κ1) is 10.3. The largest absolute Gasteiger partial charge is 0.179 e. The average Bonchev–Trinajstić information content (AvgIpc) is 1.89. The Morgan fingerprint density at radius 2 is 1.80 bits per heavy atom. The lowest BCUT2D eigenvalue weighted by Gasteiger charge is -2.21. The van der Waals surface area contributed by atoms with Gasteiger partial charge in [-0.2, -0.15) is 12.6 Å². The van der Waals surface area contributed by atoms with Crippen molar-refractivity contribution in [2.45, 2.75) is 46.5 Å². The van der Waals surface area contributed by atoms with Crippen molar-refractivity contribution in [3.63, 3.8) is 0 Å². The molecule has 0 aromatic carbocycles. The summed E-state index contributed by atoms with van der Waals surface area (Å²) >= 11 is 4.30. The summed E-state index contributed by atoms with van der Waals surface area (Å²) < 4.78 is 0. The molecule has 0 aliphatic carbocycles. The van der Waals surface area contributed by atoms with Gasteiger partial charge in [0.15, 0.2) is 0 Å². The molecule has 0 nitrogen and oxygen atoms in total. The predicted molar refractivity (Wildman–Crippen MR) is 51.8 cm³/mol. The van der Waals surface area contributed by atoms with Crippen LogP contribution in [0.5, 0.6) is 0 Å². The molecule has 1 heteroatoms. The second kappa shape index (κ2) is 5.06. The molecule has 0 rings (SSSR count). The van der Waals surface area contributed by atoms with E-state index in [4.69, 9.17) is 0 Å². The molecule has 0 aliphatic heterocycles. The highest BCUT2D eigenvalue weighted by Gasteiger charge is 2.13. The monoisotopic (exact) mass is 160 g/mol. The molecule has 0 amide bonds. The Labute approximate surface area is 70.8 Å². The minimum Gasteiger partial charge on any atom is -0.179 e.